The number of aliphatic hydroxyl groups is 1. The Balaban J connectivity index is 1.94. The second-order valence-electron chi connectivity index (χ2n) is 6.89. The molecule has 0 bridgehead atoms. The quantitative estimate of drug-likeness (QED) is 0.510. The van der Waals surface area contributed by atoms with Crippen LogP contribution < -0.4 is 4.72 Å². The first-order valence-electron chi connectivity index (χ1n) is 9.63. The highest BCUT2D eigenvalue weighted by molar-refractivity contribution is 9.10. The van der Waals surface area contributed by atoms with Gasteiger partial charge in [0.2, 0.25) is 10.0 Å². The highest BCUT2D eigenvalue weighted by Gasteiger charge is 2.29. The van der Waals surface area contributed by atoms with Crippen LogP contribution in [0.3, 0.4) is 0 Å². The highest BCUT2D eigenvalue weighted by atomic mass is 79.9. The van der Waals surface area contributed by atoms with E-state index in [9.17, 15) is 23.1 Å². The molecule has 8 nitrogen and oxygen atoms in total. The summed E-state index contributed by atoms with van der Waals surface area (Å²) in [5.74, 6) is -1.32. The number of nitrogens with zero attached hydrogens (tertiary/aromatic N) is 1. The van der Waals surface area contributed by atoms with E-state index in [1.165, 1.54) is 12.1 Å². The number of halogens is 1. The lowest BCUT2D eigenvalue weighted by Crippen LogP contribution is -2.47. The third kappa shape index (κ3) is 6.77. The van der Waals surface area contributed by atoms with Gasteiger partial charge in [-0.1, -0.05) is 35.2 Å². The van der Waals surface area contributed by atoms with Crippen molar-refractivity contribution in [2.45, 2.75) is 56.0 Å². The summed E-state index contributed by atoms with van der Waals surface area (Å²) in [6, 6.07) is 4.46. The van der Waals surface area contributed by atoms with Crippen LogP contribution in [0.1, 0.15) is 39.0 Å². The Kier molecular flexibility index (Phi) is 9.06. The number of nitrogens with one attached hydrogen (secondary N) is 1. The molecule has 1 aromatic carbocycles. The number of likely N-dealkylation sites (N-methyl/N-ethyl adjacent to an activating group) is 1. The molecule has 0 aromatic heterocycles. The summed E-state index contributed by atoms with van der Waals surface area (Å²) in [6.45, 7) is 1.11. The van der Waals surface area contributed by atoms with Gasteiger partial charge in [-0.15, -0.1) is 0 Å². The number of sulfonamides is 1. The molecule has 2 N–H and O–H groups in total. The van der Waals surface area contributed by atoms with Crippen molar-refractivity contribution in [2.24, 2.45) is 0 Å². The molecule has 0 aliphatic heterocycles. The van der Waals surface area contributed by atoms with Crippen LogP contribution in [-0.2, 0) is 24.3 Å². The van der Waals surface area contributed by atoms with Crippen molar-refractivity contribution < 1.29 is 27.9 Å². The average molecular weight is 491 g/mol. The number of carbonyl (C=O) groups excluding carboxylic acids is 2. The molecule has 10 heteroatoms. The predicted octanol–water partition coefficient (Wildman–Crippen LogP) is 1.81. The van der Waals surface area contributed by atoms with Crippen LogP contribution in [-0.4, -0.2) is 62.1 Å². The SMILES string of the molecule is CCN(C(=O)COC(=O)C(CO)NS(=O)(=O)c1ccc(Br)cc1)C1CCCCC1. The van der Waals surface area contributed by atoms with Gasteiger partial charge in [-0.05, 0) is 44.0 Å². The lowest BCUT2D eigenvalue weighted by molar-refractivity contribution is -0.155. The molecule has 2 rings (SSSR count). The first-order chi connectivity index (χ1) is 13.8. The molecule has 1 fully saturated rings. The summed E-state index contributed by atoms with van der Waals surface area (Å²) in [5, 5.41) is 9.44. The first-order valence-corrected chi connectivity index (χ1v) is 11.9. The van der Waals surface area contributed by atoms with Crippen molar-refractivity contribution in [3.63, 3.8) is 0 Å². The normalized spacial score (nSPS) is 16.2. The van der Waals surface area contributed by atoms with Gasteiger partial charge >= 0.3 is 5.97 Å². The van der Waals surface area contributed by atoms with Crippen molar-refractivity contribution in [1.29, 1.82) is 0 Å². The van der Waals surface area contributed by atoms with Crippen molar-refractivity contribution in [2.75, 3.05) is 19.8 Å². The number of hydrogen-bond acceptors (Lipinski definition) is 6. The number of rotatable bonds is 9. The van der Waals surface area contributed by atoms with Gasteiger partial charge < -0.3 is 14.7 Å². The van der Waals surface area contributed by atoms with Gasteiger partial charge in [0.1, 0.15) is 6.04 Å². The van der Waals surface area contributed by atoms with Crippen molar-refractivity contribution in [3.05, 3.63) is 28.7 Å². The maximum atomic E-state index is 12.5. The number of hydrogen-bond donors (Lipinski definition) is 2. The summed E-state index contributed by atoms with van der Waals surface area (Å²) >= 11 is 3.21. The Morgan fingerprint density at radius 3 is 2.41 bits per heavy atom. The highest BCUT2D eigenvalue weighted by Crippen LogP contribution is 2.22. The topological polar surface area (TPSA) is 113 Å². The van der Waals surface area contributed by atoms with E-state index in [4.69, 9.17) is 4.74 Å². The van der Waals surface area contributed by atoms with E-state index in [0.29, 0.717) is 11.0 Å². The van der Waals surface area contributed by atoms with Crippen LogP contribution >= 0.6 is 15.9 Å². The molecule has 0 radical (unpaired) electrons. The summed E-state index contributed by atoms with van der Waals surface area (Å²) in [5.41, 5.74) is 0. The largest absolute Gasteiger partial charge is 0.454 e. The summed E-state index contributed by atoms with van der Waals surface area (Å²) < 4.78 is 32.6. The zero-order valence-corrected chi connectivity index (χ0v) is 18.7. The summed E-state index contributed by atoms with van der Waals surface area (Å²) in [4.78, 5) is 26.4. The molecule has 1 aliphatic carbocycles. The molecule has 1 saturated carbocycles. The number of benzene rings is 1. The lowest BCUT2D eigenvalue weighted by Gasteiger charge is -2.33. The van der Waals surface area contributed by atoms with Crippen LogP contribution in [0.15, 0.2) is 33.6 Å². The Morgan fingerprint density at radius 1 is 1.24 bits per heavy atom. The molecule has 0 saturated heterocycles. The minimum absolute atomic E-state index is 0.0579. The number of ether oxygens (including phenoxy) is 1. The average Bonchev–Trinajstić information content (AvgIpc) is 2.72. The summed E-state index contributed by atoms with van der Waals surface area (Å²) in [7, 11) is -4.04. The smallest absolute Gasteiger partial charge is 0.327 e. The maximum absolute atomic E-state index is 12.5. The van der Waals surface area contributed by atoms with Crippen LogP contribution in [0, 0.1) is 0 Å². The van der Waals surface area contributed by atoms with E-state index in [2.05, 4.69) is 20.7 Å². The van der Waals surface area contributed by atoms with Crippen molar-refractivity contribution in [1.82, 2.24) is 9.62 Å². The molecule has 1 amide bonds. The minimum atomic E-state index is -4.04. The van der Waals surface area contributed by atoms with E-state index in [0.717, 1.165) is 32.1 Å². The van der Waals surface area contributed by atoms with E-state index >= 15 is 0 Å². The van der Waals surface area contributed by atoms with Crippen LogP contribution in [0.5, 0.6) is 0 Å². The van der Waals surface area contributed by atoms with Gasteiger partial charge in [0, 0.05) is 17.1 Å². The fraction of sp³-hybridized carbons (Fsp3) is 0.579. The fourth-order valence-electron chi connectivity index (χ4n) is 3.38. The molecular formula is C19H27BrN2O6S. The first kappa shape index (κ1) is 23.8. The Bertz CT molecular complexity index is 793. The zero-order valence-electron chi connectivity index (χ0n) is 16.3. The second-order valence-corrected chi connectivity index (χ2v) is 9.52. The lowest BCUT2D eigenvalue weighted by atomic mass is 9.94. The fourth-order valence-corrected chi connectivity index (χ4v) is 4.82. The Hall–Kier alpha value is -1.49. The van der Waals surface area contributed by atoms with Crippen molar-refractivity contribution >= 4 is 37.8 Å². The van der Waals surface area contributed by atoms with Gasteiger partial charge in [-0.3, -0.25) is 9.59 Å². The van der Waals surface area contributed by atoms with E-state index < -0.39 is 35.2 Å². The number of aliphatic hydroxyl groups excluding tert-OH is 1. The van der Waals surface area contributed by atoms with Gasteiger partial charge in [-0.2, -0.15) is 4.72 Å². The molecule has 0 spiro atoms. The minimum Gasteiger partial charge on any atom is -0.454 e. The monoisotopic (exact) mass is 490 g/mol. The Morgan fingerprint density at radius 2 is 1.86 bits per heavy atom. The van der Waals surface area contributed by atoms with Crippen LogP contribution in [0.25, 0.3) is 0 Å². The number of amides is 1. The van der Waals surface area contributed by atoms with Crippen LogP contribution in [0.2, 0.25) is 0 Å². The molecular weight excluding hydrogens is 464 g/mol. The second kappa shape index (κ2) is 11.1. The molecule has 0 heterocycles. The number of esters is 1. The van der Waals surface area contributed by atoms with Crippen molar-refractivity contribution in [3.8, 4) is 0 Å². The third-order valence-electron chi connectivity index (χ3n) is 4.90. The van der Waals surface area contributed by atoms with Gasteiger partial charge in [0.15, 0.2) is 6.61 Å². The zero-order chi connectivity index (χ0) is 21.4. The molecule has 1 atom stereocenters. The third-order valence-corrected chi connectivity index (χ3v) is 6.92. The Labute approximate surface area is 179 Å². The molecule has 162 valence electrons. The van der Waals surface area contributed by atoms with Gasteiger partial charge in [-0.25, -0.2) is 8.42 Å². The van der Waals surface area contributed by atoms with Gasteiger partial charge in [0.05, 0.1) is 11.5 Å². The van der Waals surface area contributed by atoms with Crippen LogP contribution in [0.4, 0.5) is 0 Å². The van der Waals surface area contributed by atoms with Gasteiger partial charge in [0.25, 0.3) is 5.91 Å². The molecule has 1 aromatic rings. The standard InChI is InChI=1S/C19H27BrN2O6S/c1-2-22(15-6-4-3-5-7-15)18(24)13-28-19(25)17(12-23)21-29(26,27)16-10-8-14(20)9-11-16/h8-11,15,17,21,23H,2-7,12-13H2,1H3. The van der Waals surface area contributed by atoms with E-state index in [1.54, 1.807) is 17.0 Å². The summed E-state index contributed by atoms with van der Waals surface area (Å²) in [6.07, 6.45) is 5.16. The molecule has 1 unspecified atom stereocenters. The van der Waals surface area contributed by atoms with E-state index in [1.807, 2.05) is 6.92 Å². The maximum Gasteiger partial charge on any atom is 0.327 e. The molecule has 29 heavy (non-hydrogen) atoms. The predicted molar refractivity (Wildman–Crippen MR) is 111 cm³/mol. The number of carbonyl (C=O) groups is 2. The molecule has 1 aliphatic rings. The van der Waals surface area contributed by atoms with E-state index in [-0.39, 0.29) is 16.8 Å².